The van der Waals surface area contributed by atoms with Crippen LogP contribution in [-0.2, 0) is 18.4 Å². The van der Waals surface area contributed by atoms with Gasteiger partial charge in [0.25, 0.3) is 6.43 Å². The zero-order valence-electron chi connectivity index (χ0n) is 16.8. The van der Waals surface area contributed by atoms with Crippen molar-refractivity contribution in [1.82, 2.24) is 15.3 Å². The van der Waals surface area contributed by atoms with E-state index in [0.29, 0.717) is 23.1 Å². The summed E-state index contributed by atoms with van der Waals surface area (Å²) in [5.74, 6) is 0.684. The van der Waals surface area contributed by atoms with Crippen molar-refractivity contribution in [3.05, 3.63) is 58.5 Å². The van der Waals surface area contributed by atoms with Crippen molar-refractivity contribution in [3.63, 3.8) is 0 Å². The molecule has 0 amide bonds. The predicted octanol–water partition coefficient (Wildman–Crippen LogP) is 4.56. The minimum Gasteiger partial charge on any atom is -0.493 e. The van der Waals surface area contributed by atoms with Gasteiger partial charge in [0, 0.05) is 59.0 Å². The Morgan fingerprint density at radius 2 is 2.13 bits per heavy atom. The number of hydrogen-bond acceptors (Lipinski definition) is 4. The van der Waals surface area contributed by atoms with E-state index >= 15 is 0 Å². The molecule has 0 spiro atoms. The van der Waals surface area contributed by atoms with Crippen molar-refractivity contribution in [2.75, 3.05) is 6.61 Å². The second-order valence-electron chi connectivity index (χ2n) is 8.44. The summed E-state index contributed by atoms with van der Waals surface area (Å²) in [5, 5.41) is 14.9. The Kier molecular flexibility index (Phi) is 5.46. The lowest BCUT2D eigenvalue weighted by atomic mass is 9.76. The van der Waals surface area contributed by atoms with Gasteiger partial charge in [-0.25, -0.2) is 8.78 Å². The summed E-state index contributed by atoms with van der Waals surface area (Å²) in [5.41, 5.74) is 0.0106. The number of pyridine rings is 1. The lowest BCUT2D eigenvalue weighted by Gasteiger charge is -2.37. The van der Waals surface area contributed by atoms with Gasteiger partial charge >= 0.3 is 0 Å². The molecule has 1 aliphatic heterocycles. The van der Waals surface area contributed by atoms with Crippen LogP contribution in [0.1, 0.15) is 37.1 Å². The van der Waals surface area contributed by atoms with Crippen LogP contribution in [0.4, 0.5) is 8.78 Å². The molecule has 1 aliphatic rings. The summed E-state index contributed by atoms with van der Waals surface area (Å²) in [4.78, 5) is 7.20. The summed E-state index contributed by atoms with van der Waals surface area (Å²) < 4.78 is 33.8. The van der Waals surface area contributed by atoms with E-state index in [9.17, 15) is 13.9 Å². The summed E-state index contributed by atoms with van der Waals surface area (Å²) >= 11 is 6.26. The molecule has 3 N–H and O–H groups in total. The Morgan fingerprint density at radius 3 is 2.87 bits per heavy atom. The number of alkyl halides is 2. The molecule has 0 aliphatic carbocycles. The molecule has 0 radical (unpaired) electrons. The first-order chi connectivity index (χ1) is 14.2. The number of hydrogen-bond donors (Lipinski definition) is 3. The smallest absolute Gasteiger partial charge is 0.280 e. The summed E-state index contributed by atoms with van der Waals surface area (Å²) in [7, 11) is 0. The maximum atomic E-state index is 14.0. The zero-order valence-corrected chi connectivity index (χ0v) is 17.6. The van der Waals surface area contributed by atoms with Crippen LogP contribution in [0.15, 0.2) is 36.7 Å². The van der Waals surface area contributed by atoms with Gasteiger partial charge in [0.1, 0.15) is 5.75 Å². The van der Waals surface area contributed by atoms with Gasteiger partial charge < -0.3 is 14.8 Å². The van der Waals surface area contributed by atoms with Crippen LogP contribution in [-0.4, -0.2) is 33.8 Å². The van der Waals surface area contributed by atoms with Gasteiger partial charge in [-0.15, -0.1) is 0 Å². The van der Waals surface area contributed by atoms with Gasteiger partial charge in [0.15, 0.2) is 5.72 Å². The van der Waals surface area contributed by atoms with E-state index < -0.39 is 17.6 Å². The van der Waals surface area contributed by atoms with E-state index in [-0.39, 0.29) is 13.0 Å². The highest BCUT2D eigenvalue weighted by Crippen LogP contribution is 2.43. The lowest BCUT2D eigenvalue weighted by Crippen LogP contribution is -2.54. The predicted molar refractivity (Wildman–Crippen MR) is 112 cm³/mol. The van der Waals surface area contributed by atoms with E-state index in [1.807, 2.05) is 26.0 Å². The Morgan fingerprint density at radius 1 is 1.33 bits per heavy atom. The molecule has 4 rings (SSSR count). The van der Waals surface area contributed by atoms with Gasteiger partial charge in [-0.1, -0.05) is 25.4 Å². The second kappa shape index (κ2) is 7.80. The molecule has 0 bridgehead atoms. The highest BCUT2D eigenvalue weighted by molar-refractivity contribution is 6.30. The molecule has 2 aromatic heterocycles. The molecule has 160 valence electrons. The number of aromatic nitrogens is 2. The fourth-order valence-corrected chi connectivity index (χ4v) is 4.37. The number of halogens is 3. The van der Waals surface area contributed by atoms with Crippen LogP contribution < -0.4 is 10.1 Å². The van der Waals surface area contributed by atoms with Crippen molar-refractivity contribution in [2.45, 2.75) is 50.8 Å². The summed E-state index contributed by atoms with van der Waals surface area (Å²) in [6.07, 6.45) is 0.856. The number of nitrogens with zero attached hydrogens (tertiary/aromatic N) is 1. The number of H-pyrrole nitrogens is 1. The lowest BCUT2D eigenvalue weighted by molar-refractivity contribution is -0.134. The van der Waals surface area contributed by atoms with Crippen molar-refractivity contribution in [3.8, 4) is 5.75 Å². The van der Waals surface area contributed by atoms with Gasteiger partial charge in [-0.2, -0.15) is 0 Å². The van der Waals surface area contributed by atoms with E-state index in [1.165, 1.54) is 0 Å². The monoisotopic (exact) mass is 435 g/mol. The Balaban J connectivity index is 1.57. The zero-order chi connectivity index (χ0) is 21.5. The first-order valence-corrected chi connectivity index (χ1v) is 10.2. The number of benzene rings is 1. The third kappa shape index (κ3) is 4.02. The van der Waals surface area contributed by atoms with Crippen LogP contribution in [0.25, 0.3) is 10.9 Å². The van der Waals surface area contributed by atoms with Crippen molar-refractivity contribution in [1.29, 1.82) is 0 Å². The third-order valence-electron chi connectivity index (χ3n) is 5.61. The van der Waals surface area contributed by atoms with Crippen molar-refractivity contribution < 1.29 is 18.6 Å². The van der Waals surface area contributed by atoms with E-state index in [1.54, 1.807) is 24.5 Å². The quantitative estimate of drug-likeness (QED) is 0.476. The van der Waals surface area contributed by atoms with Crippen LogP contribution in [0.3, 0.4) is 0 Å². The maximum Gasteiger partial charge on any atom is 0.280 e. The molecular formula is C22H24ClF2N3O2. The molecular weight excluding hydrogens is 412 g/mol. The van der Waals surface area contributed by atoms with Gasteiger partial charge in [0.2, 0.25) is 0 Å². The first-order valence-electron chi connectivity index (χ1n) is 9.81. The Bertz CT molecular complexity index is 1040. The summed E-state index contributed by atoms with van der Waals surface area (Å²) in [6.45, 7) is 4.20. The molecule has 3 aromatic rings. The van der Waals surface area contributed by atoms with Gasteiger partial charge in [0.05, 0.1) is 6.61 Å². The number of nitrogens with one attached hydrogen (secondary N) is 2. The molecule has 30 heavy (non-hydrogen) atoms. The maximum absolute atomic E-state index is 14.0. The van der Waals surface area contributed by atoms with E-state index in [0.717, 1.165) is 28.5 Å². The highest BCUT2D eigenvalue weighted by atomic mass is 35.5. The van der Waals surface area contributed by atoms with Crippen LogP contribution in [0.5, 0.6) is 5.75 Å². The number of aromatic amines is 1. The average Bonchev–Trinajstić information content (AvgIpc) is 3.31. The minimum atomic E-state index is -2.99. The molecule has 1 atom stereocenters. The third-order valence-corrected chi connectivity index (χ3v) is 5.83. The molecule has 1 aromatic carbocycles. The normalized spacial score (nSPS) is 16.0. The number of fused-ring (bicyclic) bond motifs is 2. The second-order valence-corrected chi connectivity index (χ2v) is 8.87. The molecule has 0 saturated carbocycles. The van der Waals surface area contributed by atoms with Crippen LogP contribution >= 0.6 is 11.6 Å². The molecule has 5 nitrogen and oxygen atoms in total. The molecule has 8 heteroatoms. The van der Waals surface area contributed by atoms with Crippen molar-refractivity contribution in [2.24, 2.45) is 0 Å². The average molecular weight is 436 g/mol. The minimum absolute atomic E-state index is 0.0513. The summed E-state index contributed by atoms with van der Waals surface area (Å²) in [6, 6.07) is 7.21. The van der Waals surface area contributed by atoms with Gasteiger partial charge in [-0.3, -0.25) is 10.3 Å². The standard InChI is InChI=1S/C22H24ClF2N3O2/c1-21(2,17-9-15(23)7-13-4-6-30-19(13)17)12-22(29,20(24)25)27-11-16-8-14-10-26-5-3-18(14)28-16/h3,5,7-10,20,27-29H,4,6,11-12H2,1-2H3. The first kappa shape index (κ1) is 21.0. The topological polar surface area (TPSA) is 70.2 Å². The van der Waals surface area contributed by atoms with Crippen LogP contribution in [0.2, 0.25) is 5.02 Å². The Hall–Kier alpha value is -2.22. The van der Waals surface area contributed by atoms with Crippen LogP contribution in [0, 0.1) is 0 Å². The van der Waals surface area contributed by atoms with Gasteiger partial charge in [-0.05, 0) is 35.2 Å². The number of ether oxygens (including phenoxy) is 1. The fraction of sp³-hybridized carbons (Fsp3) is 0.409. The molecule has 0 saturated heterocycles. The van der Waals surface area contributed by atoms with Crippen molar-refractivity contribution >= 4 is 22.5 Å². The fourth-order valence-electron chi connectivity index (χ4n) is 4.13. The molecule has 1 unspecified atom stereocenters. The molecule has 3 heterocycles. The van der Waals surface area contributed by atoms with E-state index in [4.69, 9.17) is 16.3 Å². The Labute approximate surface area is 178 Å². The van der Waals surface area contributed by atoms with E-state index in [2.05, 4.69) is 15.3 Å². The number of rotatable bonds is 7. The highest BCUT2D eigenvalue weighted by Gasteiger charge is 2.44. The number of aliphatic hydroxyl groups is 1. The SMILES string of the molecule is CC(C)(CC(O)(NCc1cc2cnccc2[nH]1)C(F)F)c1cc(Cl)cc2c1OCC2. The largest absolute Gasteiger partial charge is 0.493 e. The molecule has 0 fully saturated rings.